The number of rotatable bonds is 3. The summed E-state index contributed by atoms with van der Waals surface area (Å²) in [6.07, 6.45) is 1.35. The maximum absolute atomic E-state index is 9.57. The van der Waals surface area contributed by atoms with Crippen LogP contribution in [0, 0.1) is 0 Å². The molecular weight excluding hydrogens is 279 g/mol. The van der Waals surface area contributed by atoms with Gasteiger partial charge in [-0.3, -0.25) is 0 Å². The predicted octanol–water partition coefficient (Wildman–Crippen LogP) is 1.28. The fourth-order valence-electron chi connectivity index (χ4n) is 2.41. The third-order valence-corrected chi connectivity index (χ3v) is 3.55. The average molecular weight is 294 g/mol. The quantitative estimate of drug-likeness (QED) is 0.737. The highest BCUT2D eigenvalue weighted by Crippen LogP contribution is 2.32. The molecule has 1 N–H and O–H groups in total. The van der Waals surface area contributed by atoms with Crippen LogP contribution in [0.4, 0.5) is 0 Å². The molecule has 0 atom stereocenters. The van der Waals surface area contributed by atoms with Crippen LogP contribution in [0.15, 0.2) is 36.5 Å². The number of methoxy groups -OCH3 is 2. The Kier molecular flexibility index (Phi) is 3.59. The number of aromatic hydroxyl groups is 1. The van der Waals surface area contributed by atoms with Crippen LogP contribution in [-0.4, -0.2) is 37.1 Å². The molecule has 0 radical (unpaired) electrons. The van der Waals surface area contributed by atoms with Crippen molar-refractivity contribution in [2.45, 2.75) is 0 Å². The Balaban J connectivity index is 2.29. The van der Waals surface area contributed by atoms with Gasteiger partial charge in [-0.25, -0.2) is 9.97 Å². The maximum atomic E-state index is 9.57. The number of hydrogen-bond acceptors (Lipinski definition) is 5. The van der Waals surface area contributed by atoms with E-state index in [0.29, 0.717) is 17.0 Å². The molecule has 110 valence electrons. The second-order valence-corrected chi connectivity index (χ2v) is 4.96. The number of aromatic nitrogens is 2. The van der Waals surface area contributed by atoms with Gasteiger partial charge in [-0.15, -0.1) is 0 Å². The third kappa shape index (κ3) is 2.43. The number of fused-ring (bicyclic) bond motifs is 1. The predicted molar refractivity (Wildman–Crippen MR) is 87.9 cm³/mol. The monoisotopic (exact) mass is 294 g/mol. The van der Waals surface area contributed by atoms with E-state index in [1.807, 2.05) is 38.2 Å². The maximum Gasteiger partial charge on any atom is 0.230 e. The second-order valence-electron chi connectivity index (χ2n) is 4.96. The lowest BCUT2D eigenvalue weighted by Gasteiger charge is -2.11. The average Bonchev–Trinajstić information content (AvgIpc) is 2.55. The lowest BCUT2D eigenvalue weighted by molar-refractivity contribution is 0.394. The molecule has 0 saturated heterocycles. The van der Waals surface area contributed by atoms with Gasteiger partial charge in [0.2, 0.25) is 5.88 Å². The molecule has 0 spiro atoms. The number of benzene rings is 2. The van der Waals surface area contributed by atoms with E-state index in [0.717, 1.165) is 22.1 Å². The SMILES string of the molecule is Bc1ccc(-c2cc(OC)cc(OC)c2)c2ncc(O)nc12. The molecule has 0 saturated carbocycles. The molecule has 0 aliphatic rings. The Morgan fingerprint density at radius 2 is 1.68 bits per heavy atom. The molecule has 22 heavy (non-hydrogen) atoms. The second kappa shape index (κ2) is 5.56. The molecule has 0 amide bonds. The summed E-state index contributed by atoms with van der Waals surface area (Å²) >= 11 is 0. The Labute approximate surface area is 129 Å². The van der Waals surface area contributed by atoms with Crippen molar-refractivity contribution in [1.29, 1.82) is 0 Å². The molecule has 0 fully saturated rings. The molecule has 5 nitrogen and oxygen atoms in total. The largest absolute Gasteiger partial charge is 0.497 e. The molecule has 0 unspecified atom stereocenters. The van der Waals surface area contributed by atoms with Crippen LogP contribution in [-0.2, 0) is 0 Å². The first-order valence-electron chi connectivity index (χ1n) is 6.81. The van der Waals surface area contributed by atoms with Gasteiger partial charge in [-0.1, -0.05) is 17.6 Å². The van der Waals surface area contributed by atoms with E-state index in [2.05, 4.69) is 9.97 Å². The van der Waals surface area contributed by atoms with Crippen LogP contribution in [0.1, 0.15) is 0 Å². The van der Waals surface area contributed by atoms with Crippen molar-refractivity contribution >= 4 is 24.3 Å². The smallest absolute Gasteiger partial charge is 0.230 e. The zero-order valence-corrected chi connectivity index (χ0v) is 12.6. The highest BCUT2D eigenvalue weighted by atomic mass is 16.5. The summed E-state index contributed by atoms with van der Waals surface area (Å²) < 4.78 is 10.6. The van der Waals surface area contributed by atoms with E-state index in [1.54, 1.807) is 14.2 Å². The van der Waals surface area contributed by atoms with Crippen molar-refractivity contribution in [3.05, 3.63) is 36.5 Å². The van der Waals surface area contributed by atoms with Crippen molar-refractivity contribution in [2.24, 2.45) is 0 Å². The van der Waals surface area contributed by atoms with Gasteiger partial charge in [0.15, 0.2) is 0 Å². The van der Waals surface area contributed by atoms with Crippen molar-refractivity contribution < 1.29 is 14.6 Å². The van der Waals surface area contributed by atoms with E-state index in [4.69, 9.17) is 9.47 Å². The van der Waals surface area contributed by atoms with Crippen molar-refractivity contribution in [1.82, 2.24) is 9.97 Å². The summed E-state index contributed by atoms with van der Waals surface area (Å²) in [6.45, 7) is 0. The van der Waals surface area contributed by atoms with Gasteiger partial charge < -0.3 is 14.6 Å². The Bertz CT molecular complexity index is 830. The van der Waals surface area contributed by atoms with Crippen LogP contribution in [0.2, 0.25) is 0 Å². The van der Waals surface area contributed by atoms with Crippen molar-refractivity contribution in [3.63, 3.8) is 0 Å². The Hall–Kier alpha value is -2.76. The Morgan fingerprint density at radius 1 is 1.00 bits per heavy atom. The zero-order chi connectivity index (χ0) is 15.7. The fraction of sp³-hybridized carbons (Fsp3) is 0.125. The van der Waals surface area contributed by atoms with E-state index in [9.17, 15) is 5.11 Å². The van der Waals surface area contributed by atoms with Crippen LogP contribution >= 0.6 is 0 Å². The summed E-state index contributed by atoms with van der Waals surface area (Å²) in [7, 11) is 5.17. The molecule has 0 aliphatic heterocycles. The standard InChI is InChI=1S/C16H15BN2O3/c1-21-10-5-9(6-11(7-10)22-2)12-3-4-13(17)16-15(12)18-8-14(20)19-16/h3-8H,17H2,1-2H3,(H,19,20). The highest BCUT2D eigenvalue weighted by Gasteiger charge is 2.11. The third-order valence-electron chi connectivity index (χ3n) is 3.55. The first-order valence-corrected chi connectivity index (χ1v) is 6.81. The van der Waals surface area contributed by atoms with E-state index >= 15 is 0 Å². The molecule has 0 bridgehead atoms. The summed E-state index contributed by atoms with van der Waals surface area (Å²) in [5, 5.41) is 9.57. The van der Waals surface area contributed by atoms with Gasteiger partial charge in [0.1, 0.15) is 19.3 Å². The minimum Gasteiger partial charge on any atom is -0.497 e. The highest BCUT2D eigenvalue weighted by molar-refractivity contribution is 6.38. The molecule has 3 rings (SSSR count). The van der Waals surface area contributed by atoms with Crippen molar-refractivity contribution in [3.8, 4) is 28.5 Å². The van der Waals surface area contributed by atoms with Crippen LogP contribution < -0.4 is 14.9 Å². The summed E-state index contributed by atoms with van der Waals surface area (Å²) in [5.41, 5.74) is 4.19. The molecule has 3 aromatic rings. The lowest BCUT2D eigenvalue weighted by Crippen LogP contribution is -2.07. The van der Waals surface area contributed by atoms with Gasteiger partial charge in [0.05, 0.1) is 31.4 Å². The van der Waals surface area contributed by atoms with Crippen LogP contribution in [0.25, 0.3) is 22.2 Å². The van der Waals surface area contributed by atoms with E-state index in [-0.39, 0.29) is 5.88 Å². The van der Waals surface area contributed by atoms with Gasteiger partial charge in [-0.2, -0.15) is 0 Å². The molecular formula is C16H15BN2O3. The summed E-state index contributed by atoms with van der Waals surface area (Å²) in [6, 6.07) is 9.59. The lowest BCUT2D eigenvalue weighted by atomic mass is 9.91. The van der Waals surface area contributed by atoms with Crippen LogP contribution in [0.3, 0.4) is 0 Å². The minimum absolute atomic E-state index is 0.0871. The molecule has 0 aliphatic carbocycles. The molecule has 6 heteroatoms. The summed E-state index contributed by atoms with van der Waals surface area (Å²) in [5.74, 6) is 1.32. The fourth-order valence-corrected chi connectivity index (χ4v) is 2.41. The number of ether oxygens (including phenoxy) is 2. The topological polar surface area (TPSA) is 64.5 Å². The number of hydrogen-bond donors (Lipinski definition) is 1. The van der Waals surface area contributed by atoms with Gasteiger partial charge in [0.25, 0.3) is 0 Å². The first-order chi connectivity index (χ1) is 10.6. The van der Waals surface area contributed by atoms with Gasteiger partial charge in [0, 0.05) is 11.6 Å². The Morgan fingerprint density at radius 3 is 2.32 bits per heavy atom. The van der Waals surface area contributed by atoms with Crippen LogP contribution in [0.5, 0.6) is 17.4 Å². The van der Waals surface area contributed by atoms with E-state index < -0.39 is 0 Å². The van der Waals surface area contributed by atoms with Gasteiger partial charge in [-0.05, 0) is 17.7 Å². The van der Waals surface area contributed by atoms with Crippen molar-refractivity contribution in [2.75, 3.05) is 14.2 Å². The summed E-state index contributed by atoms with van der Waals surface area (Å²) in [4.78, 5) is 8.51. The molecule has 2 aromatic carbocycles. The normalized spacial score (nSPS) is 10.6. The molecule has 1 aromatic heterocycles. The zero-order valence-electron chi connectivity index (χ0n) is 12.6. The molecule has 1 heterocycles. The minimum atomic E-state index is -0.0871. The number of nitrogens with zero attached hydrogens (tertiary/aromatic N) is 2. The van der Waals surface area contributed by atoms with Gasteiger partial charge >= 0.3 is 0 Å². The first kappa shape index (κ1) is 14.2. The van der Waals surface area contributed by atoms with E-state index in [1.165, 1.54) is 6.20 Å².